The molecule has 0 saturated carbocycles. The molecule has 1 atom stereocenters. The van der Waals surface area contributed by atoms with Crippen molar-refractivity contribution in [1.82, 2.24) is 0 Å². The highest BCUT2D eigenvalue weighted by molar-refractivity contribution is 5.24. The molecule has 1 aliphatic carbocycles. The molecule has 72 valence electrons. The van der Waals surface area contributed by atoms with Crippen molar-refractivity contribution in [3.8, 4) is 0 Å². The van der Waals surface area contributed by atoms with Crippen molar-refractivity contribution in [2.75, 3.05) is 6.54 Å². The maximum Gasteiger partial charge on any atom is 0.210 e. The van der Waals surface area contributed by atoms with E-state index in [1.807, 2.05) is 13.0 Å². The van der Waals surface area contributed by atoms with Gasteiger partial charge in [-0.15, -0.1) is 0 Å². The normalized spacial score (nSPS) is 18.9. The largest absolute Gasteiger partial charge is 0.265 e. The summed E-state index contributed by atoms with van der Waals surface area (Å²) >= 11 is 0. The number of hydrogen-bond acceptors (Lipinski definition) is 2. The molecule has 1 rings (SSSR count). The van der Waals surface area contributed by atoms with Gasteiger partial charge in [-0.25, -0.2) is 0 Å². The minimum atomic E-state index is -0.239. The van der Waals surface area contributed by atoms with E-state index >= 15 is 0 Å². The Labute approximate surface area is 78.3 Å². The average Bonchev–Trinajstić information content (AvgIpc) is 2.04. The fourth-order valence-corrected chi connectivity index (χ4v) is 1.51. The smallest absolute Gasteiger partial charge is 0.210 e. The molecule has 0 amide bonds. The van der Waals surface area contributed by atoms with Crippen LogP contribution in [0.5, 0.6) is 0 Å². The van der Waals surface area contributed by atoms with Crippen LogP contribution in [0, 0.1) is 16.0 Å². The number of nitrogens with zero attached hydrogens (tertiary/aromatic N) is 1. The maximum atomic E-state index is 10.3. The van der Waals surface area contributed by atoms with E-state index < -0.39 is 0 Å². The first-order valence-electron chi connectivity index (χ1n) is 4.57. The molecule has 0 N–H and O–H groups in total. The topological polar surface area (TPSA) is 43.1 Å². The zero-order chi connectivity index (χ0) is 9.84. The Bertz CT molecular complexity index is 266. The van der Waals surface area contributed by atoms with E-state index in [4.69, 9.17) is 0 Å². The van der Waals surface area contributed by atoms with Crippen molar-refractivity contribution in [1.29, 1.82) is 0 Å². The summed E-state index contributed by atoms with van der Waals surface area (Å²) in [4.78, 5) is 10.0. The van der Waals surface area contributed by atoms with Gasteiger partial charge in [0.25, 0.3) is 0 Å². The molecule has 0 spiro atoms. The van der Waals surface area contributed by atoms with Gasteiger partial charge in [-0.05, 0) is 19.8 Å². The van der Waals surface area contributed by atoms with Gasteiger partial charge in [0.15, 0.2) is 0 Å². The highest BCUT2D eigenvalue weighted by atomic mass is 16.6. The van der Waals surface area contributed by atoms with Gasteiger partial charge in [0.05, 0.1) is 0 Å². The third-order valence-corrected chi connectivity index (χ3v) is 2.45. The van der Waals surface area contributed by atoms with Crippen LogP contribution in [0.25, 0.3) is 0 Å². The summed E-state index contributed by atoms with van der Waals surface area (Å²) in [7, 11) is 0. The van der Waals surface area contributed by atoms with E-state index in [0.717, 1.165) is 12.8 Å². The van der Waals surface area contributed by atoms with Crippen LogP contribution in [-0.2, 0) is 0 Å². The molecular formula is C10H15NO2. The van der Waals surface area contributed by atoms with Crippen molar-refractivity contribution < 1.29 is 4.92 Å². The minimum absolute atomic E-state index is 0.0543. The number of nitro groups is 1. The van der Waals surface area contributed by atoms with Gasteiger partial charge in [-0.1, -0.05) is 30.2 Å². The van der Waals surface area contributed by atoms with E-state index in [2.05, 4.69) is 13.0 Å². The van der Waals surface area contributed by atoms with Crippen LogP contribution in [0.1, 0.15) is 26.7 Å². The molecule has 13 heavy (non-hydrogen) atoms. The van der Waals surface area contributed by atoms with E-state index in [-0.39, 0.29) is 17.4 Å². The molecule has 0 aromatic carbocycles. The molecule has 0 bridgehead atoms. The van der Waals surface area contributed by atoms with Crippen molar-refractivity contribution >= 4 is 0 Å². The molecule has 0 fully saturated rings. The lowest BCUT2D eigenvalue weighted by atomic mass is 9.91. The summed E-state index contributed by atoms with van der Waals surface area (Å²) in [5.41, 5.74) is 2.57. The third-order valence-electron chi connectivity index (χ3n) is 2.45. The van der Waals surface area contributed by atoms with Gasteiger partial charge >= 0.3 is 0 Å². The number of allylic oxidation sites excluding steroid dienone is 3. The summed E-state index contributed by atoms with van der Waals surface area (Å²) in [6, 6.07) is 0. The van der Waals surface area contributed by atoms with E-state index in [0.29, 0.717) is 0 Å². The molecule has 0 aliphatic heterocycles. The van der Waals surface area contributed by atoms with E-state index in [9.17, 15) is 10.1 Å². The first kappa shape index (κ1) is 9.96. The summed E-state index contributed by atoms with van der Waals surface area (Å²) in [6.45, 7) is 4.06. The Kier molecular flexibility index (Phi) is 3.23. The van der Waals surface area contributed by atoms with Crippen LogP contribution < -0.4 is 0 Å². The Morgan fingerprint density at radius 2 is 2.23 bits per heavy atom. The second kappa shape index (κ2) is 4.21. The van der Waals surface area contributed by atoms with Crippen molar-refractivity contribution in [3.05, 3.63) is 33.4 Å². The highest BCUT2D eigenvalue weighted by Crippen LogP contribution is 2.23. The molecule has 1 aliphatic rings. The quantitative estimate of drug-likeness (QED) is 0.496. The fourth-order valence-electron chi connectivity index (χ4n) is 1.51. The standard InChI is InChI=1S/C10H15NO2/c1-8-3-5-10(6-4-8)9(2)7-11(12)13/h3,5,9H,4,6-7H2,1-2H3. The van der Waals surface area contributed by atoms with Crippen LogP contribution in [0.15, 0.2) is 23.3 Å². The minimum Gasteiger partial charge on any atom is -0.265 e. The molecule has 0 aromatic rings. The summed E-state index contributed by atoms with van der Waals surface area (Å²) in [5, 5.41) is 10.3. The summed E-state index contributed by atoms with van der Waals surface area (Å²) < 4.78 is 0. The van der Waals surface area contributed by atoms with E-state index in [1.165, 1.54) is 11.1 Å². The van der Waals surface area contributed by atoms with Gasteiger partial charge < -0.3 is 0 Å². The summed E-state index contributed by atoms with van der Waals surface area (Å²) in [6.07, 6.45) is 6.13. The van der Waals surface area contributed by atoms with Gasteiger partial charge in [0, 0.05) is 10.8 Å². The molecule has 0 aromatic heterocycles. The SMILES string of the molecule is CC1=CC=C(C(C)C[N+](=O)[O-])CC1. The number of rotatable bonds is 3. The highest BCUT2D eigenvalue weighted by Gasteiger charge is 2.15. The lowest BCUT2D eigenvalue weighted by Gasteiger charge is -2.15. The van der Waals surface area contributed by atoms with Gasteiger partial charge in [-0.3, -0.25) is 10.1 Å². The first-order valence-corrected chi connectivity index (χ1v) is 4.57. The Morgan fingerprint density at radius 3 is 2.69 bits per heavy atom. The van der Waals surface area contributed by atoms with E-state index in [1.54, 1.807) is 0 Å². The second-order valence-electron chi connectivity index (χ2n) is 3.67. The Morgan fingerprint density at radius 1 is 1.54 bits per heavy atom. The van der Waals surface area contributed by atoms with Crippen LogP contribution in [-0.4, -0.2) is 11.5 Å². The number of hydrogen-bond donors (Lipinski definition) is 0. The lowest BCUT2D eigenvalue weighted by Crippen LogP contribution is -2.14. The lowest BCUT2D eigenvalue weighted by molar-refractivity contribution is -0.485. The molecule has 1 unspecified atom stereocenters. The molecule has 0 heterocycles. The first-order chi connectivity index (χ1) is 6.09. The van der Waals surface area contributed by atoms with Crippen LogP contribution in [0.2, 0.25) is 0 Å². The molecule has 0 saturated heterocycles. The van der Waals surface area contributed by atoms with Gasteiger partial charge in [0.2, 0.25) is 6.54 Å². The average molecular weight is 181 g/mol. The van der Waals surface area contributed by atoms with Crippen molar-refractivity contribution in [2.45, 2.75) is 26.7 Å². The predicted molar refractivity (Wildman–Crippen MR) is 52.1 cm³/mol. The van der Waals surface area contributed by atoms with Crippen LogP contribution in [0.4, 0.5) is 0 Å². The van der Waals surface area contributed by atoms with Gasteiger partial charge in [0.1, 0.15) is 0 Å². The second-order valence-corrected chi connectivity index (χ2v) is 3.67. The Balaban J connectivity index is 2.57. The molecular weight excluding hydrogens is 166 g/mol. The third kappa shape index (κ3) is 3.01. The Hall–Kier alpha value is -1.12. The van der Waals surface area contributed by atoms with Crippen molar-refractivity contribution in [3.63, 3.8) is 0 Å². The fraction of sp³-hybridized carbons (Fsp3) is 0.600. The molecule has 0 radical (unpaired) electrons. The molecule has 3 heteroatoms. The van der Waals surface area contributed by atoms with Gasteiger partial charge in [-0.2, -0.15) is 0 Å². The van der Waals surface area contributed by atoms with Crippen LogP contribution in [0.3, 0.4) is 0 Å². The molecule has 3 nitrogen and oxygen atoms in total. The van der Waals surface area contributed by atoms with Crippen molar-refractivity contribution in [2.24, 2.45) is 5.92 Å². The summed E-state index contributed by atoms with van der Waals surface area (Å²) in [5.74, 6) is 0.0827. The monoisotopic (exact) mass is 181 g/mol. The zero-order valence-corrected chi connectivity index (χ0v) is 8.12. The van der Waals surface area contributed by atoms with Crippen LogP contribution >= 0.6 is 0 Å². The predicted octanol–water partition coefficient (Wildman–Crippen LogP) is 2.57. The maximum absolute atomic E-state index is 10.3. The zero-order valence-electron chi connectivity index (χ0n) is 8.12.